The molecule has 2 heterocycles. The van der Waals surface area contributed by atoms with Gasteiger partial charge in [0, 0.05) is 25.0 Å². The minimum absolute atomic E-state index is 0.724. The molecule has 4 nitrogen and oxygen atoms in total. The Bertz CT molecular complexity index is 759. The Morgan fingerprint density at radius 2 is 2.21 bits per heavy atom. The van der Waals surface area contributed by atoms with E-state index in [-0.39, 0.29) is 0 Å². The van der Waals surface area contributed by atoms with Crippen LogP contribution in [0.3, 0.4) is 0 Å². The summed E-state index contributed by atoms with van der Waals surface area (Å²) in [6.07, 6.45) is 0.943. The largest absolute Gasteiger partial charge is 0.319 e. The summed E-state index contributed by atoms with van der Waals surface area (Å²) in [6.45, 7) is 0.929. The first-order valence-corrected chi connectivity index (χ1v) is 7.26. The highest BCUT2D eigenvalue weighted by Gasteiger charge is 2.17. The minimum Gasteiger partial charge on any atom is -0.319 e. The predicted octanol–water partition coefficient (Wildman–Crippen LogP) is 3.00. The van der Waals surface area contributed by atoms with Crippen LogP contribution in [0, 0.1) is 0 Å². The number of nitrogens with one attached hydrogen (secondary N) is 1. The number of fused-ring (bicyclic) bond motifs is 3. The van der Waals surface area contributed by atoms with Gasteiger partial charge < -0.3 is 9.88 Å². The molecule has 0 saturated heterocycles. The molecule has 6 heteroatoms. The summed E-state index contributed by atoms with van der Waals surface area (Å²) >= 11 is 9.77. The molecule has 0 spiro atoms. The molecule has 0 saturated carbocycles. The number of benzene rings is 1. The summed E-state index contributed by atoms with van der Waals surface area (Å²) in [5, 5.41) is 3.89. The number of hydrogen-bond acceptors (Lipinski definition) is 2. The van der Waals surface area contributed by atoms with Crippen molar-refractivity contribution in [2.45, 2.75) is 6.42 Å². The minimum atomic E-state index is 0.724. The van der Waals surface area contributed by atoms with Crippen LogP contribution in [0.4, 0.5) is 0 Å². The van der Waals surface area contributed by atoms with Gasteiger partial charge in [0.1, 0.15) is 4.60 Å². The Balaban J connectivity index is 2.30. The Kier molecular flexibility index (Phi) is 3.28. The van der Waals surface area contributed by atoms with Gasteiger partial charge in [0.25, 0.3) is 0 Å². The van der Waals surface area contributed by atoms with E-state index in [1.54, 1.807) is 0 Å². The highest BCUT2D eigenvalue weighted by Crippen LogP contribution is 2.28. The second kappa shape index (κ2) is 4.81. The molecule has 0 fully saturated rings. The van der Waals surface area contributed by atoms with E-state index in [0.29, 0.717) is 0 Å². The van der Waals surface area contributed by atoms with Gasteiger partial charge in [-0.25, -0.2) is 4.98 Å². The van der Waals surface area contributed by atoms with E-state index in [4.69, 9.17) is 11.6 Å². The molecule has 0 aliphatic heterocycles. The topological polar surface area (TPSA) is 34.3 Å². The van der Waals surface area contributed by atoms with Gasteiger partial charge in [-0.1, -0.05) is 11.6 Å². The van der Waals surface area contributed by atoms with E-state index >= 15 is 0 Å². The van der Waals surface area contributed by atoms with Crippen LogP contribution in [0.15, 0.2) is 22.8 Å². The molecule has 0 radical (unpaired) electrons. The smallest absolute Gasteiger partial charge is 0.215 e. The first kappa shape index (κ1) is 13.0. The number of rotatable bonds is 3. The predicted molar refractivity (Wildman–Crippen MR) is 82.0 cm³/mol. The zero-order valence-corrected chi connectivity index (χ0v) is 13.1. The van der Waals surface area contributed by atoms with Gasteiger partial charge >= 0.3 is 0 Å². The third-order valence-electron chi connectivity index (χ3n) is 3.35. The molecule has 0 aliphatic carbocycles. The fourth-order valence-corrected chi connectivity index (χ4v) is 3.34. The number of likely N-dealkylation sites (N-methyl/N-ethyl adjacent to an activating group) is 1. The molecule has 1 aromatic carbocycles. The Morgan fingerprint density at radius 1 is 1.42 bits per heavy atom. The van der Waals surface area contributed by atoms with Crippen LogP contribution in [-0.2, 0) is 13.5 Å². The van der Waals surface area contributed by atoms with Crippen LogP contribution >= 0.6 is 27.5 Å². The molecule has 2 aromatic heterocycles. The maximum absolute atomic E-state index is 6.09. The van der Waals surface area contributed by atoms with E-state index in [2.05, 4.69) is 35.2 Å². The monoisotopic (exact) mass is 340 g/mol. The second-order valence-electron chi connectivity index (χ2n) is 4.53. The van der Waals surface area contributed by atoms with Crippen LogP contribution in [0.2, 0.25) is 5.02 Å². The molecule has 0 aliphatic rings. The summed E-state index contributed by atoms with van der Waals surface area (Å²) in [7, 11) is 4.00. The summed E-state index contributed by atoms with van der Waals surface area (Å²) in [4.78, 5) is 4.66. The Labute approximate surface area is 124 Å². The molecule has 100 valence electrons. The maximum atomic E-state index is 6.09. The average Bonchev–Trinajstić information content (AvgIpc) is 2.86. The second-order valence-corrected chi connectivity index (χ2v) is 5.72. The molecule has 0 unspecified atom stereocenters. The van der Waals surface area contributed by atoms with Crippen molar-refractivity contribution in [1.82, 2.24) is 19.3 Å². The molecule has 0 atom stereocenters. The first-order chi connectivity index (χ1) is 9.13. The fraction of sp³-hybridized carbons (Fsp3) is 0.308. The van der Waals surface area contributed by atoms with Crippen LogP contribution in [0.1, 0.15) is 5.69 Å². The maximum Gasteiger partial charge on any atom is 0.215 e. The third-order valence-corrected chi connectivity index (χ3v) is 4.40. The lowest BCUT2D eigenvalue weighted by Gasteiger charge is -2.03. The van der Waals surface area contributed by atoms with Gasteiger partial charge in [-0.05, 0) is 41.2 Å². The average molecular weight is 342 g/mol. The number of imidazole rings is 2. The van der Waals surface area contributed by atoms with E-state index in [1.165, 1.54) is 5.69 Å². The number of halogens is 2. The zero-order chi connectivity index (χ0) is 13.6. The number of hydrogen-bond donors (Lipinski definition) is 1. The van der Waals surface area contributed by atoms with Crippen LogP contribution in [0.25, 0.3) is 16.8 Å². The van der Waals surface area contributed by atoms with Crippen molar-refractivity contribution >= 4 is 44.3 Å². The Morgan fingerprint density at radius 3 is 2.95 bits per heavy atom. The molecular formula is C13H14BrClN4. The standard InChI is InChI=1S/C13H14BrClN4/c1-16-6-5-10-12(14)19-11-7-8(15)3-4-9(11)17-13(19)18(10)2/h3-4,7,16H,5-6H2,1-2H3. The number of aromatic nitrogens is 3. The summed E-state index contributed by atoms with van der Waals surface area (Å²) < 4.78 is 5.27. The van der Waals surface area contributed by atoms with Gasteiger partial charge in [0.05, 0.1) is 16.7 Å². The third kappa shape index (κ3) is 1.96. The summed E-state index contributed by atoms with van der Waals surface area (Å²) in [5.74, 6) is 0.926. The number of aryl methyl sites for hydroxylation is 1. The van der Waals surface area contributed by atoms with Gasteiger partial charge in [-0.15, -0.1) is 0 Å². The van der Waals surface area contributed by atoms with Gasteiger partial charge in [0.15, 0.2) is 0 Å². The molecule has 1 N–H and O–H groups in total. The van der Waals surface area contributed by atoms with Crippen molar-refractivity contribution < 1.29 is 0 Å². The molecule has 0 amide bonds. The fourth-order valence-electron chi connectivity index (χ4n) is 2.36. The highest BCUT2D eigenvalue weighted by atomic mass is 79.9. The number of nitrogens with zero attached hydrogens (tertiary/aromatic N) is 3. The van der Waals surface area contributed by atoms with E-state index in [9.17, 15) is 0 Å². The first-order valence-electron chi connectivity index (χ1n) is 6.09. The highest BCUT2D eigenvalue weighted by molar-refractivity contribution is 9.10. The van der Waals surface area contributed by atoms with E-state index in [0.717, 1.165) is 39.4 Å². The van der Waals surface area contributed by atoms with Crippen molar-refractivity contribution in [3.8, 4) is 0 Å². The molecule has 19 heavy (non-hydrogen) atoms. The van der Waals surface area contributed by atoms with Crippen LogP contribution < -0.4 is 5.32 Å². The van der Waals surface area contributed by atoms with Crippen molar-refractivity contribution in [2.24, 2.45) is 7.05 Å². The molecule has 3 rings (SSSR count). The van der Waals surface area contributed by atoms with Gasteiger partial charge in [0.2, 0.25) is 5.78 Å². The van der Waals surface area contributed by atoms with Crippen LogP contribution in [-0.4, -0.2) is 27.5 Å². The van der Waals surface area contributed by atoms with Crippen molar-refractivity contribution in [1.29, 1.82) is 0 Å². The lowest BCUT2D eigenvalue weighted by molar-refractivity contribution is 0.741. The Hall–Kier alpha value is -1.04. The summed E-state index contributed by atoms with van der Waals surface area (Å²) in [6, 6.07) is 5.76. The lowest BCUT2D eigenvalue weighted by Crippen LogP contribution is -2.12. The van der Waals surface area contributed by atoms with Gasteiger partial charge in [-0.3, -0.25) is 4.40 Å². The normalized spacial score (nSPS) is 11.8. The van der Waals surface area contributed by atoms with E-state index in [1.807, 2.05) is 32.3 Å². The summed E-state index contributed by atoms with van der Waals surface area (Å²) in [5.41, 5.74) is 3.20. The van der Waals surface area contributed by atoms with Crippen molar-refractivity contribution in [3.63, 3.8) is 0 Å². The quantitative estimate of drug-likeness (QED) is 0.794. The van der Waals surface area contributed by atoms with Crippen molar-refractivity contribution in [2.75, 3.05) is 13.6 Å². The zero-order valence-electron chi connectivity index (χ0n) is 10.7. The van der Waals surface area contributed by atoms with Gasteiger partial charge in [-0.2, -0.15) is 0 Å². The van der Waals surface area contributed by atoms with E-state index < -0.39 is 0 Å². The lowest BCUT2D eigenvalue weighted by atomic mass is 10.3. The molecule has 0 bridgehead atoms. The molecule has 3 aromatic rings. The van der Waals surface area contributed by atoms with Crippen LogP contribution in [0.5, 0.6) is 0 Å². The molecular weight excluding hydrogens is 328 g/mol. The SMILES string of the molecule is CNCCc1c(Br)n2c3cc(Cl)ccc3nc2n1C. The van der Waals surface area contributed by atoms with Crippen molar-refractivity contribution in [3.05, 3.63) is 33.5 Å².